The van der Waals surface area contributed by atoms with Gasteiger partial charge in [0.1, 0.15) is 34.6 Å². The second kappa shape index (κ2) is 21.4. The fourth-order valence-electron chi connectivity index (χ4n) is 5.02. The monoisotopic (exact) mass is 830 g/mol. The number of rotatable bonds is 13. The van der Waals surface area contributed by atoms with Gasteiger partial charge in [0.05, 0.1) is 6.61 Å². The van der Waals surface area contributed by atoms with Crippen LogP contribution in [0.4, 0.5) is 0 Å². The van der Waals surface area contributed by atoms with Gasteiger partial charge in [-0.1, -0.05) is 84.9 Å². The maximum absolute atomic E-state index is 6.46. The first kappa shape index (κ1) is 40.6. The van der Waals surface area contributed by atoms with Crippen molar-refractivity contribution in [2.75, 3.05) is 26.5 Å². The molecule has 0 aliphatic carbocycles. The number of aromatic nitrogens is 1. The van der Waals surface area contributed by atoms with Crippen LogP contribution < -0.4 is 43.5 Å². The van der Waals surface area contributed by atoms with Gasteiger partial charge in [0.25, 0.3) is 0 Å². The van der Waals surface area contributed by atoms with E-state index in [0.29, 0.717) is 30.9 Å². The molecule has 0 unspecified atom stereocenters. The Morgan fingerprint density at radius 1 is 0.620 bits per heavy atom. The molecule has 5 rings (SSSR count). The molecule has 1 radical (unpaired) electrons. The third-order valence-corrected chi connectivity index (χ3v) is 11.9. The summed E-state index contributed by atoms with van der Waals surface area (Å²) in [6.45, 7) is 0.872. The molecule has 50 heavy (non-hydrogen) atoms. The molecule has 1 heterocycles. The van der Waals surface area contributed by atoms with Crippen molar-refractivity contribution in [3.05, 3.63) is 157 Å². The predicted molar refractivity (Wildman–Crippen MR) is 206 cm³/mol. The first-order valence-electron chi connectivity index (χ1n) is 15.3. The van der Waals surface area contributed by atoms with E-state index in [-0.39, 0.29) is 44.4 Å². The van der Waals surface area contributed by atoms with Gasteiger partial charge in [0.15, 0.2) is 6.35 Å². The molecule has 259 valence electrons. The number of halogens is 1. The Morgan fingerprint density at radius 2 is 1.04 bits per heavy atom. The molecule has 5 aromatic rings. The summed E-state index contributed by atoms with van der Waals surface area (Å²) in [5, 5.41) is 27.7. The summed E-state index contributed by atoms with van der Waals surface area (Å²) >= 11 is 10.8. The van der Waals surface area contributed by atoms with Crippen molar-refractivity contribution in [1.82, 2.24) is 15.6 Å². The maximum atomic E-state index is 6.46. The van der Waals surface area contributed by atoms with Gasteiger partial charge in [0, 0.05) is 37.1 Å². The van der Waals surface area contributed by atoms with E-state index in [1.807, 2.05) is 60.7 Å². The average Bonchev–Trinajstić information content (AvgIpc) is 3.16. The molecule has 4 aromatic carbocycles. The zero-order chi connectivity index (χ0) is 33.4. The zero-order valence-corrected chi connectivity index (χ0v) is 32.1. The second-order valence-electron chi connectivity index (χ2n) is 10.3. The third kappa shape index (κ3) is 10.8. The Bertz CT molecular complexity index is 1760. The Kier molecular flexibility index (Phi) is 17.3. The smallest absolute Gasteiger partial charge is 1.00 e. The van der Waals surface area contributed by atoms with Gasteiger partial charge < -0.3 is 57.6 Å². The zero-order valence-electron chi connectivity index (χ0n) is 27.1. The van der Waals surface area contributed by atoms with Gasteiger partial charge in [-0.2, -0.15) is 10.2 Å². The minimum atomic E-state index is -2.10. The topological polar surface area (TPSA) is 95.6 Å². The van der Waals surface area contributed by atoms with Gasteiger partial charge in [-0.05, 0) is 58.9 Å². The fraction of sp³-hybridized carbons (Fsp3) is 0.108. The minimum Gasteiger partial charge on any atom is -1.00 e. The minimum absolute atomic E-state index is 0. The number of nitrogens with one attached hydrogen (secondary N) is 2. The van der Waals surface area contributed by atoms with Crippen LogP contribution >= 0.6 is 7.26 Å². The van der Waals surface area contributed by atoms with Crippen molar-refractivity contribution in [1.29, 1.82) is 0 Å². The summed E-state index contributed by atoms with van der Waals surface area (Å²) in [5.41, 5.74) is 2.49. The Morgan fingerprint density at radius 3 is 1.50 bits per heavy atom. The summed E-state index contributed by atoms with van der Waals surface area (Å²) in [6, 6.07) is 45.2. The van der Waals surface area contributed by atoms with Gasteiger partial charge in [-0.3, -0.25) is 4.98 Å². The number of amidine groups is 2. The molecule has 2 N–H and O–H groups in total. The standard InChI is InChI=1S/C37H36N7OPS2.BrH.Cu/c1-38-36(47)43-41-35(30-22-24-39-25-23-30)34(29-14-6-2-7-15-29)42-44-37(48)40-26-27-45-28-46(31-16-8-3-9-17-31,32-18-10-4-11-19-32)33-20-12-5-13-21-33;;/h2-25H,26-28H2,1H3,(H3-,38,39,40,41,42,43,44,47,48);1H;/q;;+2/p-2. The molecule has 8 nitrogen and oxygen atoms in total. The van der Waals surface area contributed by atoms with E-state index in [2.05, 4.69) is 109 Å². The van der Waals surface area contributed by atoms with E-state index < -0.39 is 7.26 Å². The molecule has 0 fully saturated rings. The van der Waals surface area contributed by atoms with Crippen molar-refractivity contribution < 1.29 is 38.8 Å². The van der Waals surface area contributed by atoms with E-state index in [4.69, 9.17) is 30.0 Å². The summed E-state index contributed by atoms with van der Waals surface area (Å²) in [7, 11) is -0.412. The molecule has 1 aromatic heterocycles. The predicted octanol–water partition coefficient (Wildman–Crippen LogP) is 1.77. The number of hydrogen-bond donors (Lipinski definition) is 2. The van der Waals surface area contributed by atoms with Gasteiger partial charge in [-0.25, -0.2) is 0 Å². The van der Waals surface area contributed by atoms with E-state index in [9.17, 15) is 0 Å². The quantitative estimate of drug-likeness (QED) is 0.0358. The molecule has 0 saturated heterocycles. The van der Waals surface area contributed by atoms with Crippen LogP contribution in [0.5, 0.6) is 0 Å². The second-order valence-corrected chi connectivity index (χ2v) is 14.5. The van der Waals surface area contributed by atoms with Gasteiger partial charge >= 0.3 is 17.1 Å². The molecule has 0 saturated carbocycles. The number of pyridine rings is 1. The molecule has 0 aliphatic heterocycles. The van der Waals surface area contributed by atoms with Crippen LogP contribution in [-0.4, -0.2) is 53.3 Å². The van der Waals surface area contributed by atoms with Crippen LogP contribution in [0.25, 0.3) is 0 Å². The van der Waals surface area contributed by atoms with Crippen molar-refractivity contribution in [3.63, 3.8) is 0 Å². The largest absolute Gasteiger partial charge is 2.00 e. The molecule has 0 amide bonds. The van der Waals surface area contributed by atoms with E-state index in [1.54, 1.807) is 19.4 Å². The summed E-state index contributed by atoms with van der Waals surface area (Å²) in [4.78, 5) is 4.13. The molecule has 0 atom stereocenters. The van der Waals surface area contributed by atoms with E-state index >= 15 is 0 Å². The van der Waals surface area contributed by atoms with Gasteiger partial charge in [-0.15, -0.1) is 10.2 Å². The first-order chi connectivity index (χ1) is 23.6. The normalized spacial score (nSPS) is 12.3. The molecule has 0 spiro atoms. The first-order valence-corrected chi connectivity index (χ1v) is 18.1. The molecular formula is C37H35BrCuN7OPS2. The SMILES string of the molecule is CNC([S-])=NN=C(C(=NN=C([S-])NCCOC[P+](c1ccccc1)(c1ccccc1)c1ccccc1)c1ccccc1)c1ccncc1.[Br-].[Cu+2]. The van der Waals surface area contributed by atoms with Crippen molar-refractivity contribution in [3.8, 4) is 0 Å². The summed E-state index contributed by atoms with van der Waals surface area (Å²) in [5.74, 6) is 0. The van der Waals surface area contributed by atoms with Crippen molar-refractivity contribution in [2.24, 2.45) is 20.4 Å². The summed E-state index contributed by atoms with van der Waals surface area (Å²) in [6.07, 6.45) is 3.89. The molecule has 13 heteroatoms. The number of nitrogens with zero attached hydrogens (tertiary/aromatic N) is 5. The van der Waals surface area contributed by atoms with E-state index in [0.717, 1.165) is 11.1 Å². The average molecular weight is 832 g/mol. The molecular weight excluding hydrogens is 797 g/mol. The van der Waals surface area contributed by atoms with Crippen LogP contribution in [0.1, 0.15) is 11.1 Å². The Balaban J connectivity index is 0.00000338. The third-order valence-electron chi connectivity index (χ3n) is 7.32. The summed E-state index contributed by atoms with van der Waals surface area (Å²) < 4.78 is 6.46. The van der Waals surface area contributed by atoms with Crippen molar-refractivity contribution >= 4 is 70.2 Å². The Hall–Kier alpha value is -3.86. The fourth-order valence-corrected chi connectivity index (χ4v) is 8.99. The number of ether oxygens (including phenoxy) is 1. The molecule has 0 aliphatic rings. The Labute approximate surface area is 326 Å². The van der Waals surface area contributed by atoms with Crippen LogP contribution in [0.15, 0.2) is 166 Å². The van der Waals surface area contributed by atoms with Crippen LogP contribution in [0, 0.1) is 0 Å². The van der Waals surface area contributed by atoms with Crippen LogP contribution in [0.3, 0.4) is 0 Å². The van der Waals surface area contributed by atoms with Crippen LogP contribution in [-0.2, 0) is 47.1 Å². The molecule has 0 bridgehead atoms. The maximum Gasteiger partial charge on any atom is 2.00 e. The van der Waals surface area contributed by atoms with Gasteiger partial charge in [0.2, 0.25) is 0 Å². The van der Waals surface area contributed by atoms with Crippen molar-refractivity contribution in [2.45, 2.75) is 0 Å². The van der Waals surface area contributed by atoms with E-state index in [1.165, 1.54) is 15.9 Å². The number of hydrogen-bond acceptors (Lipinski definition) is 8. The van der Waals surface area contributed by atoms with Crippen LogP contribution in [0.2, 0.25) is 0 Å². The number of benzene rings is 4.